The summed E-state index contributed by atoms with van der Waals surface area (Å²) in [5.74, 6) is -0.538. The van der Waals surface area contributed by atoms with Crippen LogP contribution < -0.4 is 5.32 Å². The minimum atomic E-state index is -0.824. The van der Waals surface area contributed by atoms with Gasteiger partial charge in [0, 0.05) is 6.61 Å². The maximum Gasteiger partial charge on any atom is 0.408 e. The fraction of sp³-hybridized carbons (Fsp3) is 0.600. The zero-order chi connectivity index (χ0) is 19.7. The number of benzene rings is 1. The van der Waals surface area contributed by atoms with Gasteiger partial charge in [-0.3, -0.25) is 0 Å². The minimum absolute atomic E-state index is 0.367. The van der Waals surface area contributed by atoms with Gasteiger partial charge in [-0.05, 0) is 46.6 Å². The number of rotatable bonds is 8. The fourth-order valence-corrected chi connectivity index (χ4v) is 2.28. The second kappa shape index (κ2) is 10.2. The van der Waals surface area contributed by atoms with Crippen molar-refractivity contribution < 1.29 is 23.8 Å². The number of carbonyl (C=O) groups is 2. The van der Waals surface area contributed by atoms with Gasteiger partial charge in [0.25, 0.3) is 0 Å². The molecule has 1 amide bonds. The summed E-state index contributed by atoms with van der Waals surface area (Å²) in [7, 11) is 0. The molecule has 26 heavy (non-hydrogen) atoms. The highest BCUT2D eigenvalue weighted by atomic mass is 16.6. The number of amides is 1. The molecule has 0 spiro atoms. The van der Waals surface area contributed by atoms with Gasteiger partial charge in [-0.1, -0.05) is 37.3 Å². The third-order valence-corrected chi connectivity index (χ3v) is 3.44. The third kappa shape index (κ3) is 7.87. The standard InChI is InChI=1S/C20H31NO5/c1-7-13-24-17(16-11-9-8-10-12-16)15(3)25-18(22)14(2)21-19(23)26-20(4,5)6/h8-12,14-15,17H,7,13H2,1-6H3,(H,21,23)/t14-,15-,17-/m0/s1. The van der Waals surface area contributed by atoms with Crippen molar-refractivity contribution in [2.45, 2.75) is 71.8 Å². The highest BCUT2D eigenvalue weighted by molar-refractivity contribution is 5.81. The Hall–Kier alpha value is -2.08. The summed E-state index contributed by atoms with van der Waals surface area (Å²) in [6, 6.07) is 8.80. The smallest absolute Gasteiger partial charge is 0.408 e. The van der Waals surface area contributed by atoms with E-state index < -0.39 is 29.8 Å². The van der Waals surface area contributed by atoms with Crippen LogP contribution in [0.5, 0.6) is 0 Å². The molecule has 0 aliphatic heterocycles. The summed E-state index contributed by atoms with van der Waals surface area (Å²) in [4.78, 5) is 24.1. The predicted molar refractivity (Wildman–Crippen MR) is 99.8 cm³/mol. The molecule has 0 aliphatic carbocycles. The summed E-state index contributed by atoms with van der Waals surface area (Å²) in [6.45, 7) is 11.2. The van der Waals surface area contributed by atoms with E-state index in [1.54, 1.807) is 34.6 Å². The van der Waals surface area contributed by atoms with E-state index >= 15 is 0 Å². The average molecular weight is 365 g/mol. The SMILES string of the molecule is CCCO[C@H](c1ccccc1)[C@H](C)OC(=O)[C@H](C)NC(=O)OC(C)(C)C. The summed E-state index contributed by atoms with van der Waals surface area (Å²) < 4.78 is 16.6. The fourth-order valence-electron chi connectivity index (χ4n) is 2.28. The molecule has 0 heterocycles. The van der Waals surface area contributed by atoms with Crippen LogP contribution >= 0.6 is 0 Å². The molecular weight excluding hydrogens is 334 g/mol. The van der Waals surface area contributed by atoms with Crippen LogP contribution in [0, 0.1) is 0 Å². The predicted octanol–water partition coefficient (Wildman–Crippen LogP) is 4.00. The molecule has 3 atom stereocenters. The van der Waals surface area contributed by atoms with E-state index in [2.05, 4.69) is 5.32 Å². The normalized spacial score (nSPS) is 14.8. The quantitative estimate of drug-likeness (QED) is 0.705. The number of hydrogen-bond donors (Lipinski definition) is 1. The first-order valence-corrected chi connectivity index (χ1v) is 9.00. The van der Waals surface area contributed by atoms with Crippen molar-refractivity contribution in [2.24, 2.45) is 0 Å². The first-order chi connectivity index (χ1) is 12.1. The largest absolute Gasteiger partial charge is 0.458 e. The molecule has 0 aromatic heterocycles. The summed E-state index contributed by atoms with van der Waals surface area (Å²) in [6.07, 6.45) is -0.662. The Labute approximate surface area is 156 Å². The van der Waals surface area contributed by atoms with Gasteiger partial charge in [-0.25, -0.2) is 9.59 Å². The third-order valence-electron chi connectivity index (χ3n) is 3.44. The Morgan fingerprint density at radius 1 is 1.12 bits per heavy atom. The molecule has 0 saturated heterocycles. The lowest BCUT2D eigenvalue weighted by Crippen LogP contribution is -2.43. The monoisotopic (exact) mass is 365 g/mol. The molecule has 0 unspecified atom stereocenters. The van der Waals surface area contributed by atoms with Gasteiger partial charge in [-0.2, -0.15) is 0 Å². The van der Waals surface area contributed by atoms with E-state index in [-0.39, 0.29) is 6.10 Å². The number of ether oxygens (including phenoxy) is 3. The molecule has 1 aromatic rings. The lowest BCUT2D eigenvalue weighted by atomic mass is 10.1. The van der Waals surface area contributed by atoms with E-state index in [4.69, 9.17) is 14.2 Å². The Morgan fingerprint density at radius 3 is 2.27 bits per heavy atom. The lowest BCUT2D eigenvalue weighted by Gasteiger charge is -2.26. The molecular formula is C20H31NO5. The maximum atomic E-state index is 12.3. The summed E-state index contributed by atoms with van der Waals surface area (Å²) in [5, 5.41) is 2.49. The van der Waals surface area contributed by atoms with E-state index in [1.807, 2.05) is 37.3 Å². The van der Waals surface area contributed by atoms with Crippen molar-refractivity contribution in [3.8, 4) is 0 Å². The van der Waals surface area contributed by atoms with Gasteiger partial charge in [0.05, 0.1) is 0 Å². The van der Waals surface area contributed by atoms with Crippen LogP contribution in [0.4, 0.5) is 4.79 Å². The van der Waals surface area contributed by atoms with Gasteiger partial charge in [-0.15, -0.1) is 0 Å². The molecule has 0 bridgehead atoms. The van der Waals surface area contributed by atoms with Crippen LogP contribution in [0.25, 0.3) is 0 Å². The van der Waals surface area contributed by atoms with Gasteiger partial charge < -0.3 is 19.5 Å². The zero-order valence-corrected chi connectivity index (χ0v) is 16.6. The van der Waals surface area contributed by atoms with Gasteiger partial charge in [0.2, 0.25) is 0 Å². The van der Waals surface area contributed by atoms with E-state index in [0.717, 1.165) is 12.0 Å². The van der Waals surface area contributed by atoms with Crippen molar-refractivity contribution in [2.75, 3.05) is 6.61 Å². The number of carbonyl (C=O) groups excluding carboxylic acids is 2. The van der Waals surface area contributed by atoms with E-state index in [1.165, 1.54) is 0 Å². The second-order valence-electron chi connectivity index (χ2n) is 7.21. The highest BCUT2D eigenvalue weighted by Crippen LogP contribution is 2.24. The van der Waals surface area contributed by atoms with Gasteiger partial charge in [0.1, 0.15) is 23.9 Å². The Kier molecular flexibility index (Phi) is 8.58. The first-order valence-electron chi connectivity index (χ1n) is 9.00. The topological polar surface area (TPSA) is 73.9 Å². The molecule has 0 fully saturated rings. The molecule has 1 aromatic carbocycles. The van der Waals surface area contributed by atoms with Gasteiger partial charge in [0.15, 0.2) is 0 Å². The first kappa shape index (κ1) is 22.0. The van der Waals surface area contributed by atoms with Crippen molar-refractivity contribution in [1.29, 1.82) is 0 Å². The van der Waals surface area contributed by atoms with Crippen LogP contribution in [0.1, 0.15) is 59.6 Å². The maximum absolute atomic E-state index is 12.3. The van der Waals surface area contributed by atoms with Crippen LogP contribution in [-0.2, 0) is 19.0 Å². The molecule has 6 nitrogen and oxygen atoms in total. The average Bonchev–Trinajstić information content (AvgIpc) is 2.54. The molecule has 0 aliphatic rings. The number of hydrogen-bond acceptors (Lipinski definition) is 5. The second-order valence-corrected chi connectivity index (χ2v) is 7.21. The van der Waals surface area contributed by atoms with E-state index in [0.29, 0.717) is 6.61 Å². The van der Waals surface area contributed by atoms with Crippen molar-refractivity contribution in [3.05, 3.63) is 35.9 Å². The Bertz CT molecular complexity index is 567. The molecule has 0 saturated carbocycles. The number of esters is 1. The number of alkyl carbamates (subject to hydrolysis) is 1. The van der Waals surface area contributed by atoms with Crippen LogP contribution in [0.2, 0.25) is 0 Å². The molecule has 1 N–H and O–H groups in total. The van der Waals surface area contributed by atoms with E-state index in [9.17, 15) is 9.59 Å². The molecule has 6 heteroatoms. The summed E-state index contributed by atoms with van der Waals surface area (Å²) in [5.41, 5.74) is 0.307. The van der Waals surface area contributed by atoms with Crippen LogP contribution in [0.15, 0.2) is 30.3 Å². The van der Waals surface area contributed by atoms with Crippen molar-refractivity contribution in [1.82, 2.24) is 5.32 Å². The lowest BCUT2D eigenvalue weighted by molar-refractivity contribution is -0.158. The Balaban J connectivity index is 2.68. The zero-order valence-electron chi connectivity index (χ0n) is 16.6. The van der Waals surface area contributed by atoms with Crippen molar-refractivity contribution in [3.63, 3.8) is 0 Å². The summed E-state index contributed by atoms with van der Waals surface area (Å²) >= 11 is 0. The van der Waals surface area contributed by atoms with Crippen LogP contribution in [0.3, 0.4) is 0 Å². The molecule has 0 radical (unpaired) electrons. The van der Waals surface area contributed by atoms with Gasteiger partial charge >= 0.3 is 12.1 Å². The van der Waals surface area contributed by atoms with Crippen LogP contribution in [-0.4, -0.2) is 36.4 Å². The van der Waals surface area contributed by atoms with Crippen molar-refractivity contribution >= 4 is 12.1 Å². The minimum Gasteiger partial charge on any atom is -0.458 e. The molecule has 146 valence electrons. The Morgan fingerprint density at radius 2 is 1.73 bits per heavy atom. The molecule has 1 rings (SSSR count). The highest BCUT2D eigenvalue weighted by Gasteiger charge is 2.27. The number of nitrogens with one attached hydrogen (secondary N) is 1.